The quantitative estimate of drug-likeness (QED) is 0.260. The number of methoxy groups -OCH3 is 2. The number of nitrogens with zero attached hydrogens (tertiary/aromatic N) is 1. The Hall–Kier alpha value is -4.31. The van der Waals surface area contributed by atoms with Gasteiger partial charge in [-0.25, -0.2) is 4.79 Å². The number of nitrogens with one attached hydrogen (secondary N) is 1. The fourth-order valence-electron chi connectivity index (χ4n) is 2.85. The molecule has 0 aliphatic carbocycles. The van der Waals surface area contributed by atoms with Crippen molar-refractivity contribution >= 4 is 23.6 Å². The van der Waals surface area contributed by atoms with Crippen molar-refractivity contribution in [2.45, 2.75) is 6.42 Å². The summed E-state index contributed by atoms with van der Waals surface area (Å²) >= 11 is 0. The van der Waals surface area contributed by atoms with Crippen LogP contribution >= 0.6 is 0 Å². The molecule has 2 aromatic carbocycles. The van der Waals surface area contributed by atoms with Crippen molar-refractivity contribution in [2.75, 3.05) is 26.1 Å². The Kier molecular flexibility index (Phi) is 8.81. The molecule has 0 unspecified atom stereocenters. The molecule has 0 aromatic heterocycles. The molecular formula is C25H24N2O5. The lowest BCUT2D eigenvalue weighted by molar-refractivity contribution is -0.112. The molecule has 7 heteroatoms. The van der Waals surface area contributed by atoms with Gasteiger partial charge >= 0.3 is 5.97 Å². The molecule has 7 nitrogen and oxygen atoms in total. The highest BCUT2D eigenvalue weighted by Gasteiger charge is 2.15. The molecule has 2 aromatic rings. The van der Waals surface area contributed by atoms with E-state index < -0.39 is 11.9 Å². The molecule has 0 heterocycles. The predicted octanol–water partition coefficient (Wildman–Crippen LogP) is 4.32. The molecule has 164 valence electrons. The van der Waals surface area contributed by atoms with E-state index in [1.165, 1.54) is 32.4 Å². The summed E-state index contributed by atoms with van der Waals surface area (Å²) in [6.45, 7) is 7.71. The number of rotatable bonds is 10. The van der Waals surface area contributed by atoms with Crippen molar-refractivity contribution < 1.29 is 23.8 Å². The molecule has 32 heavy (non-hydrogen) atoms. The zero-order valence-corrected chi connectivity index (χ0v) is 18.0. The molecule has 0 radical (unpaired) electrons. The number of ether oxygens (including phenoxy) is 3. The summed E-state index contributed by atoms with van der Waals surface area (Å²) < 4.78 is 15.8. The third-order valence-corrected chi connectivity index (χ3v) is 4.32. The van der Waals surface area contributed by atoms with Gasteiger partial charge < -0.3 is 19.5 Å². The summed E-state index contributed by atoms with van der Waals surface area (Å²) in [5.41, 5.74) is 2.07. The maximum atomic E-state index is 12.6. The normalized spacial score (nSPS) is 10.5. The molecule has 1 N–H and O–H groups in total. The molecule has 0 aliphatic rings. The van der Waals surface area contributed by atoms with Crippen LogP contribution in [0.1, 0.15) is 21.5 Å². The van der Waals surface area contributed by atoms with Crippen LogP contribution in [0.15, 0.2) is 67.3 Å². The smallest absolute Gasteiger partial charge is 0.337 e. The zero-order valence-electron chi connectivity index (χ0n) is 18.0. The summed E-state index contributed by atoms with van der Waals surface area (Å²) in [5.74, 6) is -0.0496. The largest absolute Gasteiger partial charge is 0.493 e. The number of hydrogen-bond donors (Lipinski definition) is 1. The summed E-state index contributed by atoms with van der Waals surface area (Å²) in [6.07, 6.45) is 5.31. The Bertz CT molecular complexity index is 1080. The Morgan fingerprint density at radius 1 is 1.12 bits per heavy atom. The van der Waals surface area contributed by atoms with Crippen LogP contribution in [0.3, 0.4) is 0 Å². The minimum absolute atomic E-state index is 0.103. The van der Waals surface area contributed by atoms with Crippen LogP contribution in [-0.2, 0) is 16.0 Å². The standard InChI is InChI=1S/C25H24N2O5/c1-5-7-19-13-17(15-22(30-3)23(19)32-12-6-2)14-20(16-26)24(28)27-21-10-8-18(9-11-21)25(29)31-4/h5-6,8-11,13-15H,1-2,7,12H2,3-4H3,(H,27,28)/b20-14+. The van der Waals surface area contributed by atoms with E-state index in [0.29, 0.717) is 41.3 Å². The first-order valence-corrected chi connectivity index (χ1v) is 9.64. The van der Waals surface area contributed by atoms with Crippen LogP contribution < -0.4 is 14.8 Å². The first-order valence-electron chi connectivity index (χ1n) is 9.64. The van der Waals surface area contributed by atoms with Gasteiger partial charge in [0, 0.05) is 11.3 Å². The van der Waals surface area contributed by atoms with E-state index in [1.807, 2.05) is 6.07 Å². The van der Waals surface area contributed by atoms with E-state index in [9.17, 15) is 14.9 Å². The molecule has 2 rings (SSSR count). The van der Waals surface area contributed by atoms with Crippen LogP contribution in [0.4, 0.5) is 5.69 Å². The highest BCUT2D eigenvalue weighted by molar-refractivity contribution is 6.09. The van der Waals surface area contributed by atoms with Crippen LogP contribution in [0.2, 0.25) is 0 Å². The highest BCUT2D eigenvalue weighted by atomic mass is 16.5. The van der Waals surface area contributed by atoms with Crippen molar-refractivity contribution in [1.82, 2.24) is 0 Å². The van der Waals surface area contributed by atoms with Crippen LogP contribution in [0.5, 0.6) is 11.5 Å². The minimum Gasteiger partial charge on any atom is -0.493 e. The van der Waals surface area contributed by atoms with Crippen molar-refractivity contribution in [3.05, 3.63) is 84.0 Å². The predicted molar refractivity (Wildman–Crippen MR) is 123 cm³/mol. The van der Waals surface area contributed by atoms with Crippen molar-refractivity contribution in [1.29, 1.82) is 5.26 Å². The lowest BCUT2D eigenvalue weighted by Gasteiger charge is -2.15. The van der Waals surface area contributed by atoms with Gasteiger partial charge in [0.2, 0.25) is 0 Å². The number of amides is 1. The molecule has 0 fully saturated rings. The van der Waals surface area contributed by atoms with E-state index in [2.05, 4.69) is 23.2 Å². The van der Waals surface area contributed by atoms with Gasteiger partial charge in [-0.3, -0.25) is 4.79 Å². The lowest BCUT2D eigenvalue weighted by atomic mass is 10.0. The second-order valence-electron chi connectivity index (χ2n) is 6.50. The third-order valence-electron chi connectivity index (χ3n) is 4.32. The van der Waals surface area contributed by atoms with E-state index >= 15 is 0 Å². The van der Waals surface area contributed by atoms with Gasteiger partial charge in [0.05, 0.1) is 19.8 Å². The molecule has 0 saturated carbocycles. The van der Waals surface area contributed by atoms with E-state index in [0.717, 1.165) is 5.56 Å². The molecule has 0 aliphatic heterocycles. The Morgan fingerprint density at radius 3 is 2.41 bits per heavy atom. The SMILES string of the molecule is C=CCOc1c(CC=C)cc(/C=C(\C#N)C(=O)Nc2ccc(C(=O)OC)cc2)cc1OC. The van der Waals surface area contributed by atoms with Gasteiger partial charge in [-0.1, -0.05) is 18.7 Å². The fraction of sp³-hybridized carbons (Fsp3) is 0.160. The maximum absolute atomic E-state index is 12.6. The van der Waals surface area contributed by atoms with Gasteiger partial charge in [-0.2, -0.15) is 5.26 Å². The molecule has 0 spiro atoms. The molecule has 0 bridgehead atoms. The molecule has 1 amide bonds. The topological polar surface area (TPSA) is 97.7 Å². The van der Waals surface area contributed by atoms with Gasteiger partial charge in [-0.05, 0) is 54.5 Å². The van der Waals surface area contributed by atoms with E-state index in [-0.39, 0.29) is 5.57 Å². The third kappa shape index (κ3) is 6.09. The van der Waals surface area contributed by atoms with Crippen LogP contribution in [-0.4, -0.2) is 32.7 Å². The fourth-order valence-corrected chi connectivity index (χ4v) is 2.85. The summed E-state index contributed by atoms with van der Waals surface area (Å²) in [4.78, 5) is 24.1. The van der Waals surface area contributed by atoms with Crippen molar-refractivity contribution in [3.8, 4) is 17.6 Å². The second-order valence-corrected chi connectivity index (χ2v) is 6.50. The van der Waals surface area contributed by atoms with Gasteiger partial charge in [0.15, 0.2) is 11.5 Å². The minimum atomic E-state index is -0.588. The number of esters is 1. The monoisotopic (exact) mass is 432 g/mol. The average molecular weight is 432 g/mol. The molecular weight excluding hydrogens is 408 g/mol. The zero-order chi connectivity index (χ0) is 23.5. The summed E-state index contributed by atoms with van der Waals surface area (Å²) in [5, 5.41) is 12.2. The van der Waals surface area contributed by atoms with Crippen molar-refractivity contribution in [3.63, 3.8) is 0 Å². The van der Waals surface area contributed by atoms with Crippen LogP contribution in [0.25, 0.3) is 6.08 Å². The van der Waals surface area contributed by atoms with E-state index in [1.54, 1.807) is 36.4 Å². The number of carbonyl (C=O) groups is 2. The number of carbonyl (C=O) groups excluding carboxylic acids is 2. The lowest BCUT2D eigenvalue weighted by Crippen LogP contribution is -2.13. The average Bonchev–Trinajstić information content (AvgIpc) is 2.81. The maximum Gasteiger partial charge on any atom is 0.337 e. The van der Waals surface area contributed by atoms with Crippen molar-refractivity contribution in [2.24, 2.45) is 0 Å². The number of benzene rings is 2. The Labute approximate surface area is 187 Å². The van der Waals surface area contributed by atoms with E-state index in [4.69, 9.17) is 9.47 Å². The first kappa shape index (κ1) is 24.0. The van der Waals surface area contributed by atoms with Crippen LogP contribution in [0, 0.1) is 11.3 Å². The summed E-state index contributed by atoms with van der Waals surface area (Å²) in [7, 11) is 2.80. The van der Waals surface area contributed by atoms with Gasteiger partial charge in [0.25, 0.3) is 5.91 Å². The molecule has 0 saturated heterocycles. The molecule has 0 atom stereocenters. The second kappa shape index (κ2) is 11.8. The highest BCUT2D eigenvalue weighted by Crippen LogP contribution is 2.34. The number of hydrogen-bond acceptors (Lipinski definition) is 6. The number of anilines is 1. The number of nitriles is 1. The number of allylic oxidation sites excluding steroid dienone is 1. The first-order chi connectivity index (χ1) is 15.5. The Morgan fingerprint density at radius 2 is 1.84 bits per heavy atom. The van der Waals surface area contributed by atoms with Gasteiger partial charge in [-0.15, -0.1) is 6.58 Å². The van der Waals surface area contributed by atoms with Gasteiger partial charge in [0.1, 0.15) is 18.2 Å². The Balaban J connectivity index is 2.33. The summed E-state index contributed by atoms with van der Waals surface area (Å²) in [6, 6.07) is 11.5.